The van der Waals surface area contributed by atoms with E-state index in [1.165, 1.54) is 24.3 Å². The summed E-state index contributed by atoms with van der Waals surface area (Å²) >= 11 is 5.74. The SMILES string of the molecule is CC1=C(C)C[S@@](=O)N(S(=O)(=O)c2ccc(Cl)cc2)C1. The molecular weight excluding hydrogens is 306 g/mol. The molecule has 0 N–H and O–H groups in total. The van der Waals surface area contributed by atoms with Gasteiger partial charge in [-0.15, -0.1) is 3.71 Å². The Bertz CT molecular complexity index is 650. The normalized spacial score (nSPS) is 21.7. The van der Waals surface area contributed by atoms with E-state index in [0.717, 1.165) is 14.9 Å². The highest BCUT2D eigenvalue weighted by atomic mass is 35.5. The molecule has 1 aromatic carbocycles. The van der Waals surface area contributed by atoms with Crippen molar-refractivity contribution in [1.82, 2.24) is 3.71 Å². The van der Waals surface area contributed by atoms with Gasteiger partial charge in [-0.3, -0.25) is 0 Å². The van der Waals surface area contributed by atoms with Crippen molar-refractivity contribution in [3.05, 3.63) is 40.4 Å². The molecule has 1 atom stereocenters. The third-order valence-electron chi connectivity index (χ3n) is 3.04. The molecular formula is C12H14ClNO3S2. The van der Waals surface area contributed by atoms with Crippen LogP contribution in [0, 0.1) is 0 Å². The third-order valence-corrected chi connectivity index (χ3v) is 7.18. The molecule has 0 radical (unpaired) electrons. The Balaban J connectivity index is 2.41. The highest BCUT2D eigenvalue weighted by Crippen LogP contribution is 2.25. The second kappa shape index (κ2) is 5.36. The van der Waals surface area contributed by atoms with Crippen LogP contribution in [0.1, 0.15) is 13.8 Å². The fourth-order valence-electron chi connectivity index (χ4n) is 1.70. The van der Waals surface area contributed by atoms with E-state index in [1.807, 2.05) is 13.8 Å². The second-order valence-corrected chi connectivity index (χ2v) is 8.35. The lowest BCUT2D eigenvalue weighted by molar-refractivity contribution is 0.537. The molecule has 1 aliphatic rings. The van der Waals surface area contributed by atoms with Gasteiger partial charge in [0.25, 0.3) is 10.0 Å². The minimum atomic E-state index is -3.74. The summed E-state index contributed by atoms with van der Waals surface area (Å²) in [4.78, 5) is 0.109. The van der Waals surface area contributed by atoms with Crippen molar-refractivity contribution in [3.8, 4) is 0 Å². The van der Waals surface area contributed by atoms with E-state index >= 15 is 0 Å². The maximum absolute atomic E-state index is 12.4. The van der Waals surface area contributed by atoms with E-state index in [2.05, 4.69) is 0 Å². The Morgan fingerprint density at radius 1 is 1.16 bits per heavy atom. The first kappa shape index (κ1) is 14.7. The lowest BCUT2D eigenvalue weighted by atomic mass is 10.2. The number of rotatable bonds is 2. The summed E-state index contributed by atoms with van der Waals surface area (Å²) < 4.78 is 37.9. The molecule has 2 rings (SSSR count). The zero-order valence-electron chi connectivity index (χ0n) is 10.6. The van der Waals surface area contributed by atoms with Gasteiger partial charge in [0.1, 0.15) is 11.0 Å². The van der Waals surface area contributed by atoms with Crippen LogP contribution in [0.3, 0.4) is 0 Å². The van der Waals surface area contributed by atoms with Crippen LogP contribution < -0.4 is 0 Å². The maximum atomic E-state index is 12.4. The molecule has 0 amide bonds. The summed E-state index contributed by atoms with van der Waals surface area (Å²) in [6, 6.07) is 5.87. The van der Waals surface area contributed by atoms with E-state index in [0.29, 0.717) is 5.02 Å². The van der Waals surface area contributed by atoms with Crippen molar-refractivity contribution in [1.29, 1.82) is 0 Å². The van der Waals surface area contributed by atoms with Crippen molar-refractivity contribution >= 4 is 32.6 Å². The summed E-state index contributed by atoms with van der Waals surface area (Å²) in [7, 11) is -5.29. The largest absolute Gasteiger partial charge is 0.254 e. The number of sulfonamides is 1. The zero-order chi connectivity index (χ0) is 14.2. The molecule has 7 heteroatoms. The lowest BCUT2D eigenvalue weighted by Gasteiger charge is -2.26. The number of halogens is 1. The standard InChI is InChI=1S/C12H14ClNO3S2/c1-9-7-14(18(15)8-10(9)2)19(16,17)12-5-3-11(13)4-6-12/h3-6H,7-8H2,1-2H3/t18-/m1/s1. The Morgan fingerprint density at radius 3 is 2.32 bits per heavy atom. The van der Waals surface area contributed by atoms with Gasteiger partial charge < -0.3 is 0 Å². The number of nitrogens with zero attached hydrogens (tertiary/aromatic N) is 1. The highest BCUT2D eigenvalue weighted by molar-refractivity contribution is 8.01. The van der Waals surface area contributed by atoms with Crippen LogP contribution in [0.2, 0.25) is 5.02 Å². The van der Waals surface area contributed by atoms with Gasteiger partial charge >= 0.3 is 0 Å². The smallest absolute Gasteiger partial charge is 0.241 e. The molecule has 0 bridgehead atoms. The number of benzene rings is 1. The fourth-order valence-corrected chi connectivity index (χ4v) is 5.29. The van der Waals surface area contributed by atoms with Gasteiger partial charge in [0.2, 0.25) is 0 Å². The molecule has 0 aromatic heterocycles. The van der Waals surface area contributed by atoms with Crippen LogP contribution in [-0.4, -0.2) is 28.6 Å². The first-order chi connectivity index (χ1) is 8.82. The molecule has 4 nitrogen and oxygen atoms in total. The summed E-state index contributed by atoms with van der Waals surface area (Å²) in [5.74, 6) is 0.263. The number of hydrogen-bond donors (Lipinski definition) is 0. The van der Waals surface area contributed by atoms with Gasteiger partial charge in [-0.05, 0) is 38.1 Å². The van der Waals surface area contributed by atoms with Gasteiger partial charge in [-0.25, -0.2) is 12.6 Å². The molecule has 0 fully saturated rings. The van der Waals surface area contributed by atoms with Gasteiger partial charge in [-0.1, -0.05) is 22.7 Å². The van der Waals surface area contributed by atoms with Crippen molar-refractivity contribution in [2.24, 2.45) is 0 Å². The van der Waals surface area contributed by atoms with Crippen LogP contribution in [0.15, 0.2) is 40.3 Å². The van der Waals surface area contributed by atoms with Crippen molar-refractivity contribution in [2.75, 3.05) is 12.3 Å². The average molecular weight is 320 g/mol. The summed E-state index contributed by atoms with van der Waals surface area (Å²) in [6.45, 7) is 3.90. The Hall–Kier alpha value is -0.690. The Morgan fingerprint density at radius 2 is 1.74 bits per heavy atom. The predicted molar refractivity (Wildman–Crippen MR) is 76.7 cm³/mol. The number of hydrogen-bond acceptors (Lipinski definition) is 3. The first-order valence-corrected chi connectivity index (χ1v) is 8.74. The quantitative estimate of drug-likeness (QED) is 0.786. The van der Waals surface area contributed by atoms with Gasteiger partial charge in [0.05, 0.1) is 10.6 Å². The molecule has 1 aromatic rings. The van der Waals surface area contributed by atoms with Crippen molar-refractivity contribution in [2.45, 2.75) is 18.7 Å². The van der Waals surface area contributed by atoms with Gasteiger partial charge in [-0.2, -0.15) is 0 Å². The van der Waals surface area contributed by atoms with Crippen LogP contribution in [0.4, 0.5) is 0 Å². The molecule has 0 aliphatic carbocycles. The zero-order valence-corrected chi connectivity index (χ0v) is 13.0. The predicted octanol–water partition coefficient (Wildman–Crippen LogP) is 2.34. The average Bonchev–Trinajstić information content (AvgIpc) is 2.34. The van der Waals surface area contributed by atoms with Crippen LogP contribution in [0.5, 0.6) is 0 Å². The van der Waals surface area contributed by atoms with Gasteiger partial charge in [0, 0.05) is 11.6 Å². The Labute approximate surface area is 120 Å². The second-order valence-electron chi connectivity index (χ2n) is 4.45. The van der Waals surface area contributed by atoms with Crippen LogP contribution >= 0.6 is 11.6 Å². The van der Waals surface area contributed by atoms with E-state index < -0.39 is 21.0 Å². The summed E-state index contributed by atoms with van der Waals surface area (Å²) in [5.41, 5.74) is 1.93. The minimum Gasteiger partial charge on any atom is -0.241 e. The monoisotopic (exact) mass is 319 g/mol. The molecule has 0 spiro atoms. The van der Waals surface area contributed by atoms with E-state index in [1.54, 1.807) is 0 Å². The first-order valence-electron chi connectivity index (χ1n) is 5.64. The molecule has 104 valence electrons. The summed E-state index contributed by atoms with van der Waals surface area (Å²) in [6.07, 6.45) is 0. The molecule has 0 unspecified atom stereocenters. The van der Waals surface area contributed by atoms with Crippen LogP contribution in [0.25, 0.3) is 0 Å². The molecule has 0 saturated heterocycles. The molecule has 1 aliphatic heterocycles. The Kier molecular flexibility index (Phi) is 4.15. The molecule has 1 heterocycles. The molecule has 19 heavy (non-hydrogen) atoms. The van der Waals surface area contributed by atoms with Crippen molar-refractivity contribution < 1.29 is 12.6 Å². The third kappa shape index (κ3) is 2.91. The van der Waals surface area contributed by atoms with Gasteiger partial charge in [0.15, 0.2) is 0 Å². The van der Waals surface area contributed by atoms with Crippen molar-refractivity contribution in [3.63, 3.8) is 0 Å². The van der Waals surface area contributed by atoms with E-state index in [-0.39, 0.29) is 17.2 Å². The minimum absolute atomic E-state index is 0.109. The lowest BCUT2D eigenvalue weighted by Crippen LogP contribution is -2.38. The van der Waals surface area contributed by atoms with E-state index in [9.17, 15) is 12.6 Å². The van der Waals surface area contributed by atoms with Crippen LogP contribution in [-0.2, 0) is 21.0 Å². The molecule has 0 saturated carbocycles. The maximum Gasteiger partial charge on any atom is 0.254 e. The summed E-state index contributed by atoms with van der Waals surface area (Å²) in [5, 5.41) is 0.464. The highest BCUT2D eigenvalue weighted by Gasteiger charge is 2.32. The topological polar surface area (TPSA) is 54.5 Å². The fraction of sp³-hybridized carbons (Fsp3) is 0.333. The van der Waals surface area contributed by atoms with E-state index in [4.69, 9.17) is 11.6 Å².